The molecule has 2 atom stereocenters. The smallest absolute Gasteiger partial charge is 0.255 e. The Morgan fingerprint density at radius 1 is 1.40 bits per heavy atom. The van der Waals surface area contributed by atoms with Crippen molar-refractivity contribution in [2.45, 2.75) is 39.4 Å². The summed E-state index contributed by atoms with van der Waals surface area (Å²) in [6.45, 7) is 8.25. The number of pyridine rings is 1. The summed E-state index contributed by atoms with van der Waals surface area (Å²) in [7, 11) is 0. The van der Waals surface area contributed by atoms with Gasteiger partial charge in [-0.3, -0.25) is 4.79 Å². The van der Waals surface area contributed by atoms with Crippen LogP contribution in [-0.4, -0.2) is 47.6 Å². The Hall–Kier alpha value is -1.62. The van der Waals surface area contributed by atoms with E-state index in [1.165, 1.54) is 0 Å². The number of nitrogens with zero attached hydrogens (tertiary/aromatic N) is 2. The highest BCUT2D eigenvalue weighted by atomic mass is 16.5. The number of aromatic nitrogens is 1. The first-order chi connectivity index (χ1) is 9.60. The van der Waals surface area contributed by atoms with E-state index < -0.39 is 0 Å². The summed E-state index contributed by atoms with van der Waals surface area (Å²) >= 11 is 0. The molecular formula is C15H23N3O2. The van der Waals surface area contributed by atoms with Gasteiger partial charge in [-0.25, -0.2) is 4.98 Å². The molecule has 1 aliphatic heterocycles. The molecule has 1 aromatic rings. The van der Waals surface area contributed by atoms with Gasteiger partial charge >= 0.3 is 0 Å². The lowest BCUT2D eigenvalue weighted by Crippen LogP contribution is -2.48. The standard InChI is InChI=1S/C15H23N3O2/c1-4-7-16-14-6-5-13(8-17-14)15(19)18-9-11(2)20-12(3)10-18/h5-6,8,11-12H,4,7,9-10H2,1-3H3,(H,16,17)/t11-,12+. The van der Waals surface area contributed by atoms with Crippen LogP contribution in [0.25, 0.3) is 0 Å². The van der Waals surface area contributed by atoms with Gasteiger partial charge in [0.05, 0.1) is 17.8 Å². The normalized spacial score (nSPS) is 22.6. The van der Waals surface area contributed by atoms with Gasteiger partial charge in [0.1, 0.15) is 5.82 Å². The van der Waals surface area contributed by atoms with E-state index in [1.54, 1.807) is 6.20 Å². The van der Waals surface area contributed by atoms with Crippen molar-refractivity contribution in [2.24, 2.45) is 0 Å². The van der Waals surface area contributed by atoms with Crippen LogP contribution in [0, 0.1) is 0 Å². The number of amides is 1. The second-order valence-corrected chi connectivity index (χ2v) is 5.33. The Labute approximate surface area is 120 Å². The number of nitrogens with one attached hydrogen (secondary N) is 1. The molecule has 1 fully saturated rings. The first kappa shape index (κ1) is 14.8. The molecule has 2 heterocycles. The minimum Gasteiger partial charge on any atom is -0.372 e. The Kier molecular flexibility index (Phi) is 4.95. The summed E-state index contributed by atoms with van der Waals surface area (Å²) in [5.41, 5.74) is 0.633. The van der Waals surface area contributed by atoms with Crippen LogP contribution in [0.4, 0.5) is 5.82 Å². The van der Waals surface area contributed by atoms with Crippen LogP contribution in [0.15, 0.2) is 18.3 Å². The van der Waals surface area contributed by atoms with Crippen molar-refractivity contribution in [2.75, 3.05) is 25.0 Å². The Morgan fingerprint density at radius 3 is 2.65 bits per heavy atom. The van der Waals surface area contributed by atoms with Gasteiger partial charge in [-0.05, 0) is 32.4 Å². The van der Waals surface area contributed by atoms with E-state index in [9.17, 15) is 4.79 Å². The van der Waals surface area contributed by atoms with Crippen LogP contribution in [0.1, 0.15) is 37.6 Å². The van der Waals surface area contributed by atoms with Gasteiger partial charge in [-0.2, -0.15) is 0 Å². The molecule has 0 spiro atoms. The number of ether oxygens (including phenoxy) is 1. The van der Waals surface area contributed by atoms with Crippen molar-refractivity contribution in [1.29, 1.82) is 0 Å². The first-order valence-electron chi connectivity index (χ1n) is 7.24. The molecule has 1 N–H and O–H groups in total. The van der Waals surface area contributed by atoms with Crippen LogP contribution < -0.4 is 5.32 Å². The Bertz CT molecular complexity index is 437. The average molecular weight is 277 g/mol. The van der Waals surface area contributed by atoms with Gasteiger partial charge in [-0.15, -0.1) is 0 Å². The highest BCUT2D eigenvalue weighted by molar-refractivity contribution is 5.94. The summed E-state index contributed by atoms with van der Waals surface area (Å²) in [6.07, 6.45) is 2.86. The minimum atomic E-state index is 0.0292. The van der Waals surface area contributed by atoms with Crippen molar-refractivity contribution >= 4 is 11.7 Å². The SMILES string of the molecule is CCCNc1ccc(C(=O)N2C[C@@H](C)O[C@@H](C)C2)cn1. The van der Waals surface area contributed by atoms with E-state index in [-0.39, 0.29) is 18.1 Å². The topological polar surface area (TPSA) is 54.5 Å². The van der Waals surface area contributed by atoms with Crippen LogP contribution in [0.2, 0.25) is 0 Å². The van der Waals surface area contributed by atoms with Crippen molar-refractivity contribution < 1.29 is 9.53 Å². The molecule has 20 heavy (non-hydrogen) atoms. The van der Waals surface area contributed by atoms with Crippen LogP contribution in [0.5, 0.6) is 0 Å². The number of hydrogen-bond acceptors (Lipinski definition) is 4. The molecule has 0 bridgehead atoms. The average Bonchev–Trinajstić information content (AvgIpc) is 2.44. The monoisotopic (exact) mass is 277 g/mol. The second-order valence-electron chi connectivity index (χ2n) is 5.33. The van der Waals surface area contributed by atoms with Gasteiger partial charge < -0.3 is 15.0 Å². The van der Waals surface area contributed by atoms with Gasteiger partial charge in [0.2, 0.25) is 0 Å². The minimum absolute atomic E-state index is 0.0292. The molecule has 2 rings (SSSR count). The summed E-state index contributed by atoms with van der Waals surface area (Å²) in [4.78, 5) is 18.5. The zero-order valence-corrected chi connectivity index (χ0v) is 12.4. The molecule has 5 heteroatoms. The third kappa shape index (κ3) is 3.70. The number of hydrogen-bond donors (Lipinski definition) is 1. The van der Waals surface area contributed by atoms with Gasteiger partial charge in [0.15, 0.2) is 0 Å². The molecule has 0 radical (unpaired) electrons. The molecule has 0 saturated carbocycles. The fourth-order valence-corrected chi connectivity index (χ4v) is 2.40. The lowest BCUT2D eigenvalue weighted by Gasteiger charge is -2.35. The number of anilines is 1. The van der Waals surface area contributed by atoms with Crippen molar-refractivity contribution in [1.82, 2.24) is 9.88 Å². The number of carbonyl (C=O) groups is 1. The molecule has 1 saturated heterocycles. The summed E-state index contributed by atoms with van der Waals surface area (Å²) in [6, 6.07) is 3.69. The Morgan fingerprint density at radius 2 is 2.10 bits per heavy atom. The van der Waals surface area contributed by atoms with Crippen LogP contribution in [-0.2, 0) is 4.74 Å². The molecule has 0 aliphatic carbocycles. The third-order valence-corrected chi connectivity index (χ3v) is 3.27. The molecular weight excluding hydrogens is 254 g/mol. The lowest BCUT2D eigenvalue weighted by atomic mass is 10.2. The largest absolute Gasteiger partial charge is 0.372 e. The maximum atomic E-state index is 12.4. The summed E-state index contributed by atoms with van der Waals surface area (Å²) in [5.74, 6) is 0.841. The Balaban J connectivity index is 2.01. The second kappa shape index (κ2) is 6.70. The quantitative estimate of drug-likeness (QED) is 0.916. The molecule has 1 amide bonds. The molecule has 0 unspecified atom stereocenters. The van der Waals surface area contributed by atoms with Crippen molar-refractivity contribution in [3.05, 3.63) is 23.9 Å². The zero-order valence-electron chi connectivity index (χ0n) is 12.4. The third-order valence-electron chi connectivity index (χ3n) is 3.27. The summed E-state index contributed by atoms with van der Waals surface area (Å²) < 4.78 is 5.65. The molecule has 1 aliphatic rings. The number of rotatable bonds is 4. The summed E-state index contributed by atoms with van der Waals surface area (Å²) in [5, 5.41) is 3.20. The predicted octanol–water partition coefficient (Wildman–Crippen LogP) is 2.15. The van der Waals surface area contributed by atoms with E-state index >= 15 is 0 Å². The maximum absolute atomic E-state index is 12.4. The van der Waals surface area contributed by atoms with E-state index in [1.807, 2.05) is 30.9 Å². The van der Waals surface area contributed by atoms with E-state index in [0.29, 0.717) is 18.7 Å². The van der Waals surface area contributed by atoms with Crippen LogP contribution >= 0.6 is 0 Å². The number of carbonyl (C=O) groups excluding carboxylic acids is 1. The highest BCUT2D eigenvalue weighted by Crippen LogP contribution is 2.14. The van der Waals surface area contributed by atoms with E-state index in [4.69, 9.17) is 4.74 Å². The van der Waals surface area contributed by atoms with Gasteiger partial charge in [-0.1, -0.05) is 6.92 Å². The van der Waals surface area contributed by atoms with Crippen LogP contribution in [0.3, 0.4) is 0 Å². The lowest BCUT2D eigenvalue weighted by molar-refractivity contribution is -0.0586. The van der Waals surface area contributed by atoms with Crippen molar-refractivity contribution in [3.8, 4) is 0 Å². The van der Waals surface area contributed by atoms with E-state index in [2.05, 4.69) is 17.2 Å². The molecule has 1 aromatic heterocycles. The van der Waals surface area contributed by atoms with E-state index in [0.717, 1.165) is 18.8 Å². The molecule has 0 aromatic carbocycles. The predicted molar refractivity (Wildman–Crippen MR) is 78.9 cm³/mol. The first-order valence-corrected chi connectivity index (χ1v) is 7.24. The fourth-order valence-electron chi connectivity index (χ4n) is 2.40. The van der Waals surface area contributed by atoms with Crippen molar-refractivity contribution in [3.63, 3.8) is 0 Å². The molecule has 5 nitrogen and oxygen atoms in total. The maximum Gasteiger partial charge on any atom is 0.255 e. The van der Waals surface area contributed by atoms with Gasteiger partial charge in [0, 0.05) is 25.8 Å². The number of morpholine rings is 1. The van der Waals surface area contributed by atoms with Gasteiger partial charge in [0.25, 0.3) is 5.91 Å². The highest BCUT2D eigenvalue weighted by Gasteiger charge is 2.26. The fraction of sp³-hybridized carbons (Fsp3) is 0.600. The zero-order chi connectivity index (χ0) is 14.5. The molecule has 110 valence electrons.